The van der Waals surface area contributed by atoms with Crippen LogP contribution in [-0.2, 0) is 14.5 Å². The SMILES string of the molecule is COS(=O)(=O)N(C)c1nc(-c2ccccc2F)cc(C(C)C)n1. The molecule has 0 spiro atoms. The fraction of sp³-hybridized carbons (Fsp3) is 0.333. The van der Waals surface area contributed by atoms with Crippen molar-refractivity contribution >= 4 is 16.3 Å². The Labute approximate surface area is 135 Å². The summed E-state index contributed by atoms with van der Waals surface area (Å²) in [6, 6.07) is 7.81. The van der Waals surface area contributed by atoms with Crippen LogP contribution in [0.25, 0.3) is 11.3 Å². The Morgan fingerprint density at radius 1 is 1.22 bits per heavy atom. The molecule has 23 heavy (non-hydrogen) atoms. The highest BCUT2D eigenvalue weighted by Crippen LogP contribution is 2.26. The maximum absolute atomic E-state index is 14.0. The lowest BCUT2D eigenvalue weighted by Gasteiger charge is -2.18. The van der Waals surface area contributed by atoms with Crippen molar-refractivity contribution < 1.29 is 17.0 Å². The standard InChI is InChI=1S/C15H18FN3O3S/c1-10(2)13-9-14(11-7-5-6-8-12(11)16)18-15(17-13)19(3)23(20,21)22-4/h5-10H,1-4H3. The van der Waals surface area contributed by atoms with Crippen LogP contribution in [0.2, 0.25) is 0 Å². The molecule has 2 aromatic rings. The zero-order valence-electron chi connectivity index (χ0n) is 13.3. The summed E-state index contributed by atoms with van der Waals surface area (Å²) >= 11 is 0. The van der Waals surface area contributed by atoms with Gasteiger partial charge in [-0.3, -0.25) is 4.18 Å². The van der Waals surface area contributed by atoms with E-state index >= 15 is 0 Å². The molecule has 0 saturated heterocycles. The van der Waals surface area contributed by atoms with E-state index in [0.717, 1.165) is 11.4 Å². The van der Waals surface area contributed by atoms with Gasteiger partial charge in [0.2, 0.25) is 5.95 Å². The summed E-state index contributed by atoms with van der Waals surface area (Å²) in [5.41, 5.74) is 1.20. The Kier molecular flexibility index (Phi) is 4.96. The van der Waals surface area contributed by atoms with Crippen LogP contribution in [0.4, 0.5) is 10.3 Å². The minimum Gasteiger partial charge on any atom is -0.257 e. The fourth-order valence-electron chi connectivity index (χ4n) is 1.91. The van der Waals surface area contributed by atoms with Gasteiger partial charge in [-0.15, -0.1) is 0 Å². The van der Waals surface area contributed by atoms with E-state index in [9.17, 15) is 12.8 Å². The number of rotatable bonds is 5. The van der Waals surface area contributed by atoms with Crippen molar-refractivity contribution in [3.63, 3.8) is 0 Å². The number of benzene rings is 1. The van der Waals surface area contributed by atoms with Gasteiger partial charge in [-0.1, -0.05) is 26.0 Å². The topological polar surface area (TPSA) is 72.4 Å². The molecule has 0 N–H and O–H groups in total. The van der Waals surface area contributed by atoms with Gasteiger partial charge >= 0.3 is 10.3 Å². The molecule has 2 rings (SSSR count). The molecule has 0 fully saturated rings. The molecule has 0 aliphatic heterocycles. The molecule has 0 radical (unpaired) electrons. The van der Waals surface area contributed by atoms with Gasteiger partial charge in [-0.25, -0.2) is 18.7 Å². The fourth-order valence-corrected chi connectivity index (χ4v) is 2.41. The normalized spacial score (nSPS) is 11.7. The highest BCUT2D eigenvalue weighted by atomic mass is 32.2. The Hall–Kier alpha value is -2.06. The Bertz CT molecular complexity index is 809. The second-order valence-corrected chi connectivity index (χ2v) is 6.94. The molecule has 0 saturated carbocycles. The van der Waals surface area contributed by atoms with Gasteiger partial charge in [-0.05, 0) is 24.1 Å². The number of aromatic nitrogens is 2. The summed E-state index contributed by atoms with van der Waals surface area (Å²) in [7, 11) is -1.66. The van der Waals surface area contributed by atoms with Gasteiger partial charge in [0, 0.05) is 18.3 Å². The molecule has 0 amide bonds. The number of halogens is 1. The van der Waals surface area contributed by atoms with Crippen molar-refractivity contribution in [2.24, 2.45) is 0 Å². The van der Waals surface area contributed by atoms with Gasteiger partial charge in [0.05, 0.1) is 12.8 Å². The summed E-state index contributed by atoms with van der Waals surface area (Å²) in [5, 5.41) is 0. The first kappa shape index (κ1) is 17.3. The highest BCUT2D eigenvalue weighted by Gasteiger charge is 2.22. The second kappa shape index (κ2) is 6.59. The van der Waals surface area contributed by atoms with Gasteiger partial charge in [0.1, 0.15) is 5.82 Å². The Morgan fingerprint density at radius 2 is 1.87 bits per heavy atom. The van der Waals surface area contributed by atoms with E-state index in [1.54, 1.807) is 24.3 Å². The largest absolute Gasteiger partial charge is 0.364 e. The molecule has 0 aliphatic carbocycles. The van der Waals surface area contributed by atoms with Crippen LogP contribution in [0.15, 0.2) is 30.3 Å². The van der Waals surface area contributed by atoms with Crippen LogP contribution >= 0.6 is 0 Å². The summed E-state index contributed by atoms with van der Waals surface area (Å²) in [6.07, 6.45) is 0. The molecule has 1 heterocycles. The quantitative estimate of drug-likeness (QED) is 0.837. The number of nitrogens with zero attached hydrogens (tertiary/aromatic N) is 3. The van der Waals surface area contributed by atoms with Crippen molar-refractivity contribution in [3.8, 4) is 11.3 Å². The average molecular weight is 339 g/mol. The van der Waals surface area contributed by atoms with Crippen LogP contribution in [-0.4, -0.2) is 32.5 Å². The van der Waals surface area contributed by atoms with Gasteiger partial charge in [0.25, 0.3) is 0 Å². The highest BCUT2D eigenvalue weighted by molar-refractivity contribution is 7.88. The minimum atomic E-state index is -3.99. The molecule has 0 bridgehead atoms. The van der Waals surface area contributed by atoms with E-state index < -0.39 is 16.1 Å². The molecule has 8 heteroatoms. The molecule has 124 valence electrons. The summed E-state index contributed by atoms with van der Waals surface area (Å²) in [5.74, 6) is -0.499. The molecule has 1 aromatic carbocycles. The number of hydrogen-bond donors (Lipinski definition) is 0. The van der Waals surface area contributed by atoms with Crippen LogP contribution in [0.1, 0.15) is 25.5 Å². The zero-order valence-corrected chi connectivity index (χ0v) is 14.1. The van der Waals surface area contributed by atoms with Gasteiger partial charge in [0.15, 0.2) is 0 Å². The molecule has 6 nitrogen and oxygen atoms in total. The third-order valence-electron chi connectivity index (χ3n) is 3.30. The lowest BCUT2D eigenvalue weighted by Crippen LogP contribution is -2.29. The van der Waals surface area contributed by atoms with E-state index in [1.807, 2.05) is 13.8 Å². The molecule has 0 atom stereocenters. The van der Waals surface area contributed by atoms with Crippen LogP contribution in [0, 0.1) is 5.82 Å². The summed E-state index contributed by atoms with van der Waals surface area (Å²) in [6.45, 7) is 3.81. The number of hydrogen-bond acceptors (Lipinski definition) is 5. The summed E-state index contributed by atoms with van der Waals surface area (Å²) in [4.78, 5) is 8.41. The Morgan fingerprint density at radius 3 is 2.43 bits per heavy atom. The third-order valence-corrected chi connectivity index (χ3v) is 4.56. The average Bonchev–Trinajstić information content (AvgIpc) is 2.54. The predicted molar refractivity (Wildman–Crippen MR) is 85.8 cm³/mol. The minimum absolute atomic E-state index is 0.0147. The predicted octanol–water partition coefficient (Wildman–Crippen LogP) is 2.73. The van der Waals surface area contributed by atoms with E-state index in [2.05, 4.69) is 14.2 Å². The van der Waals surface area contributed by atoms with Crippen molar-refractivity contribution in [1.82, 2.24) is 9.97 Å². The van der Waals surface area contributed by atoms with Crippen molar-refractivity contribution in [2.45, 2.75) is 19.8 Å². The van der Waals surface area contributed by atoms with E-state index in [1.165, 1.54) is 13.1 Å². The van der Waals surface area contributed by atoms with Crippen LogP contribution < -0.4 is 4.31 Å². The molecule has 1 aromatic heterocycles. The maximum atomic E-state index is 14.0. The molecule has 0 aliphatic rings. The second-order valence-electron chi connectivity index (χ2n) is 5.20. The first-order valence-electron chi connectivity index (χ1n) is 6.94. The molecule has 0 unspecified atom stereocenters. The maximum Gasteiger partial charge on any atom is 0.364 e. The van der Waals surface area contributed by atoms with E-state index in [0.29, 0.717) is 11.4 Å². The van der Waals surface area contributed by atoms with Gasteiger partial charge < -0.3 is 0 Å². The van der Waals surface area contributed by atoms with E-state index in [-0.39, 0.29) is 17.4 Å². The Balaban J connectivity index is 2.64. The van der Waals surface area contributed by atoms with Gasteiger partial charge in [-0.2, -0.15) is 8.42 Å². The van der Waals surface area contributed by atoms with E-state index in [4.69, 9.17) is 0 Å². The lowest BCUT2D eigenvalue weighted by atomic mass is 10.1. The first-order chi connectivity index (χ1) is 10.8. The van der Waals surface area contributed by atoms with Crippen LogP contribution in [0.3, 0.4) is 0 Å². The van der Waals surface area contributed by atoms with Crippen molar-refractivity contribution in [2.75, 3.05) is 18.5 Å². The summed E-state index contributed by atoms with van der Waals surface area (Å²) < 4.78 is 43.0. The van der Waals surface area contributed by atoms with Crippen molar-refractivity contribution in [3.05, 3.63) is 41.8 Å². The lowest BCUT2D eigenvalue weighted by molar-refractivity contribution is 0.396. The zero-order chi connectivity index (χ0) is 17.2. The number of anilines is 1. The van der Waals surface area contributed by atoms with Crippen LogP contribution in [0.5, 0.6) is 0 Å². The molecular weight excluding hydrogens is 321 g/mol. The third kappa shape index (κ3) is 3.65. The smallest absolute Gasteiger partial charge is 0.257 e. The van der Waals surface area contributed by atoms with Crippen molar-refractivity contribution in [1.29, 1.82) is 0 Å². The monoisotopic (exact) mass is 339 g/mol. The first-order valence-corrected chi connectivity index (χ1v) is 8.31. The molecular formula is C15H18FN3O3S.